The van der Waals surface area contributed by atoms with Gasteiger partial charge < -0.3 is 4.90 Å². The van der Waals surface area contributed by atoms with E-state index in [9.17, 15) is 18.0 Å². The molecule has 0 bridgehead atoms. The number of carbonyl (C=O) groups is 1. The lowest BCUT2D eigenvalue weighted by Crippen LogP contribution is -2.30. The van der Waals surface area contributed by atoms with Gasteiger partial charge in [0.25, 0.3) is 5.91 Å². The predicted molar refractivity (Wildman–Crippen MR) is 85.3 cm³/mol. The topological polar surface area (TPSA) is 63.9 Å². The summed E-state index contributed by atoms with van der Waals surface area (Å²) in [5.74, 6) is -0.329. The van der Waals surface area contributed by atoms with Gasteiger partial charge in [0.15, 0.2) is 0 Å². The van der Waals surface area contributed by atoms with E-state index < -0.39 is 11.9 Å². The van der Waals surface area contributed by atoms with Gasteiger partial charge in [0.05, 0.1) is 11.3 Å². The van der Waals surface area contributed by atoms with Gasteiger partial charge in [-0.05, 0) is 12.5 Å². The highest BCUT2D eigenvalue weighted by Crippen LogP contribution is 2.27. The van der Waals surface area contributed by atoms with Crippen molar-refractivity contribution in [2.45, 2.75) is 25.9 Å². The first-order valence-corrected chi connectivity index (χ1v) is 7.88. The summed E-state index contributed by atoms with van der Waals surface area (Å²) in [4.78, 5) is 21.2. The van der Waals surface area contributed by atoms with E-state index in [0.717, 1.165) is 12.3 Å². The minimum absolute atomic E-state index is 0.0162. The highest BCUT2D eigenvalue weighted by atomic mass is 35.5. The number of likely N-dealkylation sites (N-methyl/N-ethyl adjacent to an activating group) is 1. The maximum Gasteiger partial charge on any atom is 0.433 e. The summed E-state index contributed by atoms with van der Waals surface area (Å²) in [7, 11) is 3.17. The van der Waals surface area contributed by atoms with E-state index in [4.69, 9.17) is 11.6 Å². The number of amides is 1. The lowest BCUT2D eigenvalue weighted by Gasteiger charge is -2.17. The first-order chi connectivity index (χ1) is 11.6. The zero-order chi connectivity index (χ0) is 18.8. The van der Waals surface area contributed by atoms with Gasteiger partial charge in [-0.2, -0.15) is 18.3 Å². The average molecular weight is 376 g/mol. The van der Waals surface area contributed by atoms with E-state index >= 15 is 0 Å². The summed E-state index contributed by atoms with van der Waals surface area (Å²) in [6.07, 6.45) is -2.85. The Labute approximate surface area is 147 Å². The monoisotopic (exact) mass is 375 g/mol. The Kier molecular flexibility index (Phi) is 5.66. The Morgan fingerprint density at radius 2 is 2.08 bits per heavy atom. The molecule has 25 heavy (non-hydrogen) atoms. The van der Waals surface area contributed by atoms with Gasteiger partial charge in [-0.3, -0.25) is 9.48 Å². The van der Waals surface area contributed by atoms with Crippen LogP contribution in [-0.4, -0.2) is 44.1 Å². The molecule has 2 aromatic rings. The minimum atomic E-state index is -4.53. The van der Waals surface area contributed by atoms with Crippen molar-refractivity contribution in [1.82, 2.24) is 24.6 Å². The molecule has 0 N–H and O–H groups in total. The van der Waals surface area contributed by atoms with Gasteiger partial charge in [0.2, 0.25) is 0 Å². The summed E-state index contributed by atoms with van der Waals surface area (Å²) in [5, 5.41) is 4.40. The molecule has 0 aliphatic rings. The van der Waals surface area contributed by atoms with Crippen LogP contribution in [0.1, 0.15) is 34.5 Å². The van der Waals surface area contributed by atoms with Crippen LogP contribution in [0, 0.1) is 0 Å². The summed E-state index contributed by atoms with van der Waals surface area (Å²) in [6.45, 7) is 2.00. The molecular formula is C15H17ClF3N5O. The number of hydrogen-bond acceptors (Lipinski definition) is 4. The third-order valence-electron chi connectivity index (χ3n) is 3.61. The van der Waals surface area contributed by atoms with E-state index in [1.807, 2.05) is 6.92 Å². The number of halogens is 4. The molecule has 136 valence electrons. The van der Waals surface area contributed by atoms with Crippen LogP contribution in [0.25, 0.3) is 0 Å². The van der Waals surface area contributed by atoms with Crippen molar-refractivity contribution in [3.05, 3.63) is 40.2 Å². The zero-order valence-electron chi connectivity index (χ0n) is 13.9. The molecule has 0 fully saturated rings. The number of aryl methyl sites for hydroxylation is 2. The van der Waals surface area contributed by atoms with Gasteiger partial charge in [-0.25, -0.2) is 9.97 Å². The molecule has 0 unspecified atom stereocenters. The Hall–Kier alpha value is -2.16. The number of hydrogen-bond donors (Lipinski definition) is 0. The molecule has 0 atom stereocenters. The molecule has 10 heteroatoms. The van der Waals surface area contributed by atoms with Crippen molar-refractivity contribution in [3.8, 4) is 0 Å². The molecule has 2 heterocycles. The van der Waals surface area contributed by atoms with Crippen LogP contribution in [0.4, 0.5) is 13.2 Å². The van der Waals surface area contributed by atoms with Crippen molar-refractivity contribution < 1.29 is 18.0 Å². The van der Waals surface area contributed by atoms with Crippen LogP contribution in [0.2, 0.25) is 5.15 Å². The molecule has 0 aliphatic carbocycles. The smallest absolute Gasteiger partial charge is 0.341 e. The van der Waals surface area contributed by atoms with E-state index in [0.29, 0.717) is 17.7 Å². The van der Waals surface area contributed by atoms with Gasteiger partial charge in [-0.1, -0.05) is 18.5 Å². The Morgan fingerprint density at radius 3 is 2.68 bits per heavy atom. The van der Waals surface area contributed by atoms with Gasteiger partial charge >= 0.3 is 6.18 Å². The second-order valence-corrected chi connectivity index (χ2v) is 5.78. The minimum Gasteiger partial charge on any atom is -0.341 e. The van der Waals surface area contributed by atoms with Crippen molar-refractivity contribution in [3.63, 3.8) is 0 Å². The molecule has 1 amide bonds. The third kappa shape index (κ3) is 4.28. The van der Waals surface area contributed by atoms with E-state index in [2.05, 4.69) is 15.1 Å². The van der Waals surface area contributed by atoms with Gasteiger partial charge in [0, 0.05) is 33.3 Å². The summed E-state index contributed by atoms with van der Waals surface area (Å²) >= 11 is 6.12. The fourth-order valence-electron chi connectivity index (χ4n) is 2.25. The number of alkyl halides is 3. The Bertz CT molecular complexity index is 775. The van der Waals surface area contributed by atoms with Crippen LogP contribution in [0.5, 0.6) is 0 Å². The second kappa shape index (κ2) is 7.38. The van der Waals surface area contributed by atoms with Crippen LogP contribution in [0.15, 0.2) is 12.3 Å². The maximum absolute atomic E-state index is 12.7. The summed E-state index contributed by atoms with van der Waals surface area (Å²) in [5.41, 5.74) is -0.131. The van der Waals surface area contributed by atoms with E-state index in [1.165, 1.54) is 9.58 Å². The highest BCUT2D eigenvalue weighted by molar-refractivity contribution is 6.33. The zero-order valence-corrected chi connectivity index (χ0v) is 14.7. The molecule has 0 spiro atoms. The predicted octanol–water partition coefficient (Wildman–Crippen LogP) is 2.76. The number of aromatic nitrogens is 4. The normalized spacial score (nSPS) is 11.6. The fourth-order valence-corrected chi connectivity index (χ4v) is 2.48. The molecule has 2 aromatic heterocycles. The summed E-state index contributed by atoms with van der Waals surface area (Å²) in [6, 6.07) is 0.807. The molecule has 0 saturated heterocycles. The molecule has 0 radical (unpaired) electrons. The van der Waals surface area contributed by atoms with Crippen LogP contribution in [0.3, 0.4) is 0 Å². The maximum atomic E-state index is 12.7. The highest BCUT2D eigenvalue weighted by Gasteiger charge is 2.32. The first kappa shape index (κ1) is 19.2. The average Bonchev–Trinajstić information content (AvgIpc) is 2.86. The SMILES string of the molecule is CCc1nn(C)c(Cl)c1C(=O)N(C)CCc1nccc(C(F)(F)F)n1. The largest absolute Gasteiger partial charge is 0.433 e. The van der Waals surface area contributed by atoms with E-state index in [-0.39, 0.29) is 29.9 Å². The van der Waals surface area contributed by atoms with Crippen molar-refractivity contribution in [2.24, 2.45) is 7.05 Å². The van der Waals surface area contributed by atoms with Gasteiger partial charge in [-0.15, -0.1) is 0 Å². The molecule has 0 aromatic carbocycles. The second-order valence-electron chi connectivity index (χ2n) is 5.42. The molecular weight excluding hydrogens is 359 g/mol. The molecule has 0 aliphatic heterocycles. The third-order valence-corrected chi connectivity index (χ3v) is 4.05. The van der Waals surface area contributed by atoms with Gasteiger partial charge in [0.1, 0.15) is 16.7 Å². The number of nitrogens with zero attached hydrogens (tertiary/aromatic N) is 5. The lowest BCUT2D eigenvalue weighted by atomic mass is 10.2. The van der Waals surface area contributed by atoms with Crippen LogP contribution >= 0.6 is 11.6 Å². The lowest BCUT2D eigenvalue weighted by molar-refractivity contribution is -0.141. The van der Waals surface area contributed by atoms with Crippen LogP contribution < -0.4 is 0 Å². The van der Waals surface area contributed by atoms with Crippen molar-refractivity contribution in [2.75, 3.05) is 13.6 Å². The van der Waals surface area contributed by atoms with E-state index in [1.54, 1.807) is 14.1 Å². The number of rotatable bonds is 5. The fraction of sp³-hybridized carbons (Fsp3) is 0.467. The van der Waals surface area contributed by atoms with Crippen molar-refractivity contribution in [1.29, 1.82) is 0 Å². The first-order valence-electron chi connectivity index (χ1n) is 7.51. The Balaban J connectivity index is 2.11. The standard InChI is InChI=1S/C15H17ClF3N5O/c1-4-9-12(13(16)24(3)22-9)14(25)23(2)8-6-11-20-7-5-10(21-11)15(17,18)19/h5,7H,4,6,8H2,1-3H3. The van der Waals surface area contributed by atoms with Crippen molar-refractivity contribution >= 4 is 17.5 Å². The molecule has 6 nitrogen and oxygen atoms in total. The van der Waals surface area contributed by atoms with Crippen LogP contribution in [-0.2, 0) is 26.1 Å². The summed E-state index contributed by atoms with van der Waals surface area (Å²) < 4.78 is 39.4. The number of carbonyl (C=O) groups excluding carboxylic acids is 1. The molecule has 2 rings (SSSR count). The quantitative estimate of drug-likeness (QED) is 0.806. The Morgan fingerprint density at radius 1 is 1.40 bits per heavy atom. The molecule has 0 saturated carbocycles.